The van der Waals surface area contributed by atoms with Crippen LogP contribution in [0.2, 0.25) is 0 Å². The van der Waals surface area contributed by atoms with Crippen molar-refractivity contribution in [2.75, 3.05) is 39.5 Å². The van der Waals surface area contributed by atoms with Gasteiger partial charge >= 0.3 is 0 Å². The molecule has 0 spiro atoms. The van der Waals surface area contributed by atoms with E-state index in [1.54, 1.807) is 0 Å². The van der Waals surface area contributed by atoms with Gasteiger partial charge in [-0.3, -0.25) is 4.90 Å². The summed E-state index contributed by atoms with van der Waals surface area (Å²) in [7, 11) is 0. The van der Waals surface area contributed by atoms with Gasteiger partial charge in [-0.15, -0.1) is 0 Å². The fourth-order valence-electron chi connectivity index (χ4n) is 1.47. The van der Waals surface area contributed by atoms with E-state index in [1.807, 2.05) is 0 Å². The molecule has 0 aliphatic carbocycles. The molecule has 2 aliphatic rings. The van der Waals surface area contributed by atoms with Crippen molar-refractivity contribution in [1.82, 2.24) is 4.90 Å². The Morgan fingerprint density at radius 2 is 1.69 bits per heavy atom. The van der Waals surface area contributed by atoms with E-state index in [2.05, 4.69) is 4.90 Å². The highest BCUT2D eigenvalue weighted by Gasteiger charge is 2.30. The normalized spacial score (nSPS) is 30.9. The van der Waals surface area contributed by atoms with Gasteiger partial charge < -0.3 is 14.6 Å². The zero-order chi connectivity index (χ0) is 9.10. The third-order valence-electron chi connectivity index (χ3n) is 2.36. The highest BCUT2D eigenvalue weighted by molar-refractivity contribution is 4.79. The standard InChI is InChI=1S/C9H17NO3/c11-3-1-2-10(4-8-6-12-8)5-9-7-13-9/h8-9,11H,1-7H2. The van der Waals surface area contributed by atoms with Crippen LogP contribution in [0.4, 0.5) is 0 Å². The fraction of sp³-hybridized carbons (Fsp3) is 1.00. The smallest absolute Gasteiger partial charge is 0.0936 e. The molecule has 2 saturated heterocycles. The minimum Gasteiger partial charge on any atom is -0.396 e. The first-order valence-electron chi connectivity index (χ1n) is 4.95. The van der Waals surface area contributed by atoms with Crippen LogP contribution in [0.1, 0.15) is 6.42 Å². The number of hydrogen-bond acceptors (Lipinski definition) is 4. The first-order valence-corrected chi connectivity index (χ1v) is 4.95. The molecule has 2 atom stereocenters. The number of hydrogen-bond donors (Lipinski definition) is 1. The van der Waals surface area contributed by atoms with E-state index in [9.17, 15) is 0 Å². The van der Waals surface area contributed by atoms with Crippen molar-refractivity contribution in [3.8, 4) is 0 Å². The Labute approximate surface area is 78.4 Å². The van der Waals surface area contributed by atoms with Crippen molar-refractivity contribution < 1.29 is 14.6 Å². The van der Waals surface area contributed by atoms with Crippen LogP contribution in [0, 0.1) is 0 Å². The monoisotopic (exact) mass is 187 g/mol. The van der Waals surface area contributed by atoms with Crippen molar-refractivity contribution in [3.63, 3.8) is 0 Å². The van der Waals surface area contributed by atoms with Gasteiger partial charge in [0.05, 0.1) is 25.4 Å². The largest absolute Gasteiger partial charge is 0.396 e. The van der Waals surface area contributed by atoms with Crippen molar-refractivity contribution >= 4 is 0 Å². The molecule has 2 aliphatic heterocycles. The van der Waals surface area contributed by atoms with E-state index >= 15 is 0 Å². The molecule has 2 fully saturated rings. The second-order valence-electron chi connectivity index (χ2n) is 3.75. The van der Waals surface area contributed by atoms with Crippen molar-refractivity contribution in [1.29, 1.82) is 0 Å². The van der Waals surface area contributed by atoms with Crippen LogP contribution < -0.4 is 0 Å². The average molecular weight is 187 g/mol. The molecule has 4 nitrogen and oxygen atoms in total. The molecule has 0 saturated carbocycles. The van der Waals surface area contributed by atoms with Crippen LogP contribution >= 0.6 is 0 Å². The molecule has 0 bridgehead atoms. The van der Waals surface area contributed by atoms with Crippen LogP contribution in [0.25, 0.3) is 0 Å². The molecular weight excluding hydrogens is 170 g/mol. The molecule has 13 heavy (non-hydrogen) atoms. The molecule has 1 N–H and O–H groups in total. The minimum atomic E-state index is 0.271. The SMILES string of the molecule is OCCCN(CC1CO1)CC1CO1. The maximum Gasteiger partial charge on any atom is 0.0936 e. The molecular formula is C9H17NO3. The molecule has 4 heteroatoms. The van der Waals surface area contributed by atoms with Gasteiger partial charge in [-0.05, 0) is 6.42 Å². The maximum absolute atomic E-state index is 8.73. The summed E-state index contributed by atoms with van der Waals surface area (Å²) in [5.41, 5.74) is 0. The summed E-state index contributed by atoms with van der Waals surface area (Å²) in [6.45, 7) is 5.03. The third kappa shape index (κ3) is 3.60. The lowest BCUT2D eigenvalue weighted by atomic mass is 10.3. The zero-order valence-corrected chi connectivity index (χ0v) is 7.82. The summed E-state index contributed by atoms with van der Waals surface area (Å²) < 4.78 is 10.4. The van der Waals surface area contributed by atoms with E-state index < -0.39 is 0 Å². The molecule has 2 rings (SSSR count). The predicted molar refractivity (Wildman–Crippen MR) is 47.6 cm³/mol. The maximum atomic E-state index is 8.73. The van der Waals surface area contributed by atoms with Crippen LogP contribution in [0.15, 0.2) is 0 Å². The van der Waals surface area contributed by atoms with Crippen molar-refractivity contribution in [3.05, 3.63) is 0 Å². The molecule has 2 unspecified atom stereocenters. The topological polar surface area (TPSA) is 48.5 Å². The fourth-order valence-corrected chi connectivity index (χ4v) is 1.47. The lowest BCUT2D eigenvalue weighted by molar-refractivity contribution is 0.195. The van der Waals surface area contributed by atoms with Crippen LogP contribution in [-0.2, 0) is 9.47 Å². The number of ether oxygens (including phenoxy) is 2. The summed E-state index contributed by atoms with van der Waals surface area (Å²) in [4.78, 5) is 2.32. The van der Waals surface area contributed by atoms with E-state index in [0.717, 1.165) is 39.3 Å². The van der Waals surface area contributed by atoms with Crippen LogP contribution in [0.3, 0.4) is 0 Å². The first kappa shape index (κ1) is 9.40. The van der Waals surface area contributed by atoms with Gasteiger partial charge in [0, 0.05) is 26.2 Å². The number of nitrogens with zero attached hydrogens (tertiary/aromatic N) is 1. The highest BCUT2D eigenvalue weighted by Crippen LogP contribution is 2.15. The summed E-state index contributed by atoms with van der Waals surface area (Å²) in [5, 5.41) is 8.73. The second-order valence-corrected chi connectivity index (χ2v) is 3.75. The van der Waals surface area contributed by atoms with Gasteiger partial charge in [0.25, 0.3) is 0 Å². The van der Waals surface area contributed by atoms with E-state index in [1.165, 1.54) is 0 Å². The molecule has 0 aromatic carbocycles. The molecule has 2 heterocycles. The second kappa shape index (κ2) is 4.37. The average Bonchev–Trinajstić information content (AvgIpc) is 2.94. The third-order valence-corrected chi connectivity index (χ3v) is 2.36. The van der Waals surface area contributed by atoms with Crippen LogP contribution in [0.5, 0.6) is 0 Å². The molecule has 0 aromatic heterocycles. The van der Waals surface area contributed by atoms with Gasteiger partial charge in [-0.1, -0.05) is 0 Å². The Morgan fingerprint density at radius 1 is 1.15 bits per heavy atom. The van der Waals surface area contributed by atoms with E-state index in [-0.39, 0.29) is 6.61 Å². The summed E-state index contributed by atoms with van der Waals surface area (Å²) in [6.07, 6.45) is 1.73. The summed E-state index contributed by atoms with van der Waals surface area (Å²) >= 11 is 0. The lowest BCUT2D eigenvalue weighted by Crippen LogP contribution is -2.33. The Bertz CT molecular complexity index is 143. The first-order chi connectivity index (χ1) is 6.38. The van der Waals surface area contributed by atoms with Gasteiger partial charge in [0.15, 0.2) is 0 Å². The number of aliphatic hydroxyl groups is 1. The molecule has 76 valence electrons. The predicted octanol–water partition coefficient (Wildman–Crippen LogP) is -0.532. The van der Waals surface area contributed by atoms with Gasteiger partial charge in [-0.2, -0.15) is 0 Å². The quantitative estimate of drug-likeness (QED) is 0.544. The van der Waals surface area contributed by atoms with Gasteiger partial charge in [-0.25, -0.2) is 0 Å². The summed E-state index contributed by atoms with van der Waals surface area (Å²) in [6, 6.07) is 0. The van der Waals surface area contributed by atoms with Gasteiger partial charge in [0.2, 0.25) is 0 Å². The molecule has 0 radical (unpaired) electrons. The van der Waals surface area contributed by atoms with Crippen LogP contribution in [-0.4, -0.2) is 61.7 Å². The van der Waals surface area contributed by atoms with Crippen molar-refractivity contribution in [2.24, 2.45) is 0 Å². The van der Waals surface area contributed by atoms with Crippen molar-refractivity contribution in [2.45, 2.75) is 18.6 Å². The molecule has 0 aromatic rings. The Kier molecular flexibility index (Phi) is 3.16. The molecule has 0 amide bonds. The number of aliphatic hydroxyl groups excluding tert-OH is 1. The van der Waals surface area contributed by atoms with E-state index in [4.69, 9.17) is 14.6 Å². The minimum absolute atomic E-state index is 0.271. The van der Waals surface area contributed by atoms with E-state index in [0.29, 0.717) is 12.2 Å². The lowest BCUT2D eigenvalue weighted by Gasteiger charge is -2.19. The highest BCUT2D eigenvalue weighted by atomic mass is 16.6. The Morgan fingerprint density at radius 3 is 2.08 bits per heavy atom. The van der Waals surface area contributed by atoms with Gasteiger partial charge in [0.1, 0.15) is 0 Å². The Hall–Kier alpha value is -0.160. The Balaban J connectivity index is 1.64. The zero-order valence-electron chi connectivity index (χ0n) is 7.82. The summed E-state index contributed by atoms with van der Waals surface area (Å²) in [5.74, 6) is 0. The number of rotatable bonds is 7. The number of epoxide rings is 2.